The maximum atomic E-state index is 12.2. The molecule has 4 nitrogen and oxygen atoms in total. The van der Waals surface area contributed by atoms with E-state index in [0.717, 1.165) is 11.3 Å². The Morgan fingerprint density at radius 3 is 2.61 bits per heavy atom. The normalized spacial score (nSPS) is 12.3. The molecule has 0 aliphatic heterocycles. The summed E-state index contributed by atoms with van der Waals surface area (Å²) in [5, 5.41) is 2.93. The lowest BCUT2D eigenvalue weighted by molar-refractivity contribution is -0.123. The van der Waals surface area contributed by atoms with E-state index in [1.807, 2.05) is 38.1 Å². The van der Waals surface area contributed by atoms with Gasteiger partial charge in [-0.15, -0.1) is 0 Å². The second-order valence-corrected chi connectivity index (χ2v) is 4.54. The number of para-hydroxylation sites is 1. The van der Waals surface area contributed by atoms with Crippen molar-refractivity contribution in [1.82, 2.24) is 5.32 Å². The van der Waals surface area contributed by atoms with Crippen LogP contribution in [0, 0.1) is 0 Å². The minimum atomic E-state index is -0.256. The largest absolute Gasteiger partial charge is 0.496 e. The van der Waals surface area contributed by atoms with Crippen molar-refractivity contribution in [2.75, 3.05) is 13.7 Å². The summed E-state index contributed by atoms with van der Waals surface area (Å²) in [6.45, 7) is 4.35. The zero-order valence-electron chi connectivity index (χ0n) is 11.3. The van der Waals surface area contributed by atoms with Crippen LogP contribution in [0.5, 0.6) is 5.75 Å². The fourth-order valence-electron chi connectivity index (χ4n) is 1.93. The molecule has 0 bridgehead atoms. The number of carbonyl (C=O) groups is 1. The van der Waals surface area contributed by atoms with E-state index in [4.69, 9.17) is 10.5 Å². The van der Waals surface area contributed by atoms with Gasteiger partial charge in [0.2, 0.25) is 5.91 Å². The highest BCUT2D eigenvalue weighted by molar-refractivity contribution is 5.84. The average Bonchev–Trinajstić information content (AvgIpc) is 2.35. The van der Waals surface area contributed by atoms with Gasteiger partial charge in [0, 0.05) is 11.6 Å². The standard InChI is InChI=1S/C14H22N2O2/c1-10(2)16-14(17)12(8-9-15)11-6-4-5-7-13(11)18-3/h4-7,10,12H,8-9,15H2,1-3H3,(H,16,17). The van der Waals surface area contributed by atoms with Gasteiger partial charge >= 0.3 is 0 Å². The summed E-state index contributed by atoms with van der Waals surface area (Å²) in [7, 11) is 1.61. The van der Waals surface area contributed by atoms with E-state index in [1.165, 1.54) is 0 Å². The minimum absolute atomic E-state index is 0.0000463. The Labute approximate surface area is 109 Å². The highest BCUT2D eigenvalue weighted by Gasteiger charge is 2.23. The predicted molar refractivity (Wildman–Crippen MR) is 72.7 cm³/mol. The second kappa shape index (κ2) is 7.01. The van der Waals surface area contributed by atoms with Crippen molar-refractivity contribution in [3.05, 3.63) is 29.8 Å². The van der Waals surface area contributed by atoms with E-state index in [-0.39, 0.29) is 17.9 Å². The van der Waals surface area contributed by atoms with Gasteiger partial charge in [-0.2, -0.15) is 0 Å². The molecule has 0 spiro atoms. The zero-order valence-corrected chi connectivity index (χ0v) is 11.3. The third-order valence-electron chi connectivity index (χ3n) is 2.72. The summed E-state index contributed by atoms with van der Waals surface area (Å²) >= 11 is 0. The van der Waals surface area contributed by atoms with Crippen LogP contribution in [0.4, 0.5) is 0 Å². The number of rotatable bonds is 6. The highest BCUT2D eigenvalue weighted by Crippen LogP contribution is 2.28. The summed E-state index contributed by atoms with van der Waals surface area (Å²) in [6.07, 6.45) is 0.610. The molecule has 4 heteroatoms. The van der Waals surface area contributed by atoms with Gasteiger partial charge in [0.25, 0.3) is 0 Å². The molecule has 0 saturated carbocycles. The summed E-state index contributed by atoms with van der Waals surface area (Å²) < 4.78 is 5.31. The molecule has 1 aromatic rings. The molecule has 1 amide bonds. The van der Waals surface area contributed by atoms with E-state index >= 15 is 0 Å². The molecule has 1 aromatic carbocycles. The summed E-state index contributed by atoms with van der Waals surface area (Å²) in [5.74, 6) is 0.475. The Hall–Kier alpha value is -1.55. The fourth-order valence-corrected chi connectivity index (χ4v) is 1.93. The monoisotopic (exact) mass is 250 g/mol. The van der Waals surface area contributed by atoms with Gasteiger partial charge in [-0.25, -0.2) is 0 Å². The van der Waals surface area contributed by atoms with Gasteiger partial charge in [0.05, 0.1) is 13.0 Å². The Kier molecular flexibility index (Phi) is 5.65. The maximum absolute atomic E-state index is 12.2. The topological polar surface area (TPSA) is 64.3 Å². The summed E-state index contributed by atoms with van der Waals surface area (Å²) in [4.78, 5) is 12.2. The van der Waals surface area contributed by atoms with Crippen LogP contribution in [-0.4, -0.2) is 25.6 Å². The van der Waals surface area contributed by atoms with Crippen molar-refractivity contribution in [2.24, 2.45) is 5.73 Å². The molecular formula is C14H22N2O2. The number of hydrogen-bond acceptors (Lipinski definition) is 3. The van der Waals surface area contributed by atoms with Crippen molar-refractivity contribution >= 4 is 5.91 Å². The molecule has 0 heterocycles. The van der Waals surface area contributed by atoms with Gasteiger partial charge < -0.3 is 15.8 Å². The first kappa shape index (κ1) is 14.5. The number of hydrogen-bond donors (Lipinski definition) is 2. The molecule has 1 atom stereocenters. The summed E-state index contributed by atoms with van der Waals surface area (Å²) in [6, 6.07) is 7.69. The SMILES string of the molecule is COc1ccccc1C(CCN)C(=O)NC(C)C. The van der Waals surface area contributed by atoms with Crippen LogP contribution >= 0.6 is 0 Å². The van der Waals surface area contributed by atoms with Crippen molar-refractivity contribution in [2.45, 2.75) is 32.2 Å². The molecule has 0 radical (unpaired) electrons. The first-order valence-electron chi connectivity index (χ1n) is 6.23. The van der Waals surface area contributed by atoms with Crippen molar-refractivity contribution in [3.63, 3.8) is 0 Å². The lowest BCUT2D eigenvalue weighted by atomic mass is 9.93. The molecule has 18 heavy (non-hydrogen) atoms. The Morgan fingerprint density at radius 1 is 1.39 bits per heavy atom. The Morgan fingerprint density at radius 2 is 2.06 bits per heavy atom. The Bertz CT molecular complexity index is 391. The molecule has 3 N–H and O–H groups in total. The number of nitrogens with two attached hydrogens (primary N) is 1. The molecule has 1 rings (SSSR count). The maximum Gasteiger partial charge on any atom is 0.227 e. The third-order valence-corrected chi connectivity index (χ3v) is 2.72. The van der Waals surface area contributed by atoms with Crippen LogP contribution in [0.1, 0.15) is 31.7 Å². The predicted octanol–water partition coefficient (Wildman–Crippen LogP) is 1.65. The van der Waals surface area contributed by atoms with Crippen LogP contribution < -0.4 is 15.8 Å². The van der Waals surface area contributed by atoms with E-state index in [0.29, 0.717) is 13.0 Å². The van der Waals surface area contributed by atoms with Crippen LogP contribution in [-0.2, 0) is 4.79 Å². The molecule has 100 valence electrons. The average molecular weight is 250 g/mol. The summed E-state index contributed by atoms with van der Waals surface area (Å²) in [5.41, 5.74) is 6.50. The lowest BCUT2D eigenvalue weighted by Crippen LogP contribution is -2.35. The smallest absolute Gasteiger partial charge is 0.227 e. The van der Waals surface area contributed by atoms with E-state index in [2.05, 4.69) is 5.32 Å². The molecule has 0 aliphatic carbocycles. The number of carbonyl (C=O) groups excluding carboxylic acids is 1. The van der Waals surface area contributed by atoms with E-state index in [1.54, 1.807) is 7.11 Å². The second-order valence-electron chi connectivity index (χ2n) is 4.54. The van der Waals surface area contributed by atoms with Crippen molar-refractivity contribution in [1.29, 1.82) is 0 Å². The van der Waals surface area contributed by atoms with Crippen LogP contribution in [0.2, 0.25) is 0 Å². The fraction of sp³-hybridized carbons (Fsp3) is 0.500. The molecule has 0 saturated heterocycles. The van der Waals surface area contributed by atoms with Gasteiger partial charge in [-0.3, -0.25) is 4.79 Å². The number of nitrogens with one attached hydrogen (secondary N) is 1. The van der Waals surface area contributed by atoms with Crippen LogP contribution in [0.15, 0.2) is 24.3 Å². The highest BCUT2D eigenvalue weighted by atomic mass is 16.5. The van der Waals surface area contributed by atoms with Crippen molar-refractivity contribution in [3.8, 4) is 5.75 Å². The van der Waals surface area contributed by atoms with Crippen LogP contribution in [0.25, 0.3) is 0 Å². The van der Waals surface area contributed by atoms with Gasteiger partial charge in [0.1, 0.15) is 5.75 Å². The third kappa shape index (κ3) is 3.74. The minimum Gasteiger partial charge on any atom is -0.496 e. The molecule has 0 aliphatic rings. The van der Waals surface area contributed by atoms with Gasteiger partial charge in [-0.1, -0.05) is 18.2 Å². The van der Waals surface area contributed by atoms with Gasteiger partial charge in [-0.05, 0) is 32.9 Å². The molecule has 1 unspecified atom stereocenters. The number of amides is 1. The number of benzene rings is 1. The number of ether oxygens (including phenoxy) is 1. The van der Waals surface area contributed by atoms with E-state index in [9.17, 15) is 4.79 Å². The zero-order chi connectivity index (χ0) is 13.5. The van der Waals surface area contributed by atoms with Crippen molar-refractivity contribution < 1.29 is 9.53 Å². The number of methoxy groups -OCH3 is 1. The quantitative estimate of drug-likeness (QED) is 0.807. The van der Waals surface area contributed by atoms with Crippen LogP contribution in [0.3, 0.4) is 0 Å². The Balaban J connectivity index is 2.99. The lowest BCUT2D eigenvalue weighted by Gasteiger charge is -2.20. The van der Waals surface area contributed by atoms with E-state index < -0.39 is 0 Å². The molecular weight excluding hydrogens is 228 g/mol. The first-order chi connectivity index (χ1) is 8.60. The molecule has 0 aromatic heterocycles. The molecule has 0 fully saturated rings. The first-order valence-corrected chi connectivity index (χ1v) is 6.23. The van der Waals surface area contributed by atoms with Gasteiger partial charge in [0.15, 0.2) is 0 Å².